The minimum absolute atomic E-state index is 0.101. The molecule has 152 valence electrons. The lowest BCUT2D eigenvalue weighted by Gasteiger charge is -2.10. The van der Waals surface area contributed by atoms with Gasteiger partial charge in [-0.05, 0) is 31.2 Å². The third kappa shape index (κ3) is 3.90. The Hall–Kier alpha value is -4.01. The van der Waals surface area contributed by atoms with Gasteiger partial charge in [0, 0.05) is 11.3 Å². The number of hydrogen-bond donors (Lipinski definition) is 2. The summed E-state index contributed by atoms with van der Waals surface area (Å²) < 4.78 is 6.37. The normalized spacial score (nSPS) is 14.7. The first-order valence-corrected chi connectivity index (χ1v) is 9.45. The number of nitrogens with zero attached hydrogens (tertiary/aromatic N) is 3. The molecule has 0 spiro atoms. The minimum Gasteiger partial charge on any atom is -0.462 e. The Bertz CT molecular complexity index is 1090. The van der Waals surface area contributed by atoms with Crippen LogP contribution < -0.4 is 10.6 Å². The number of esters is 1. The van der Waals surface area contributed by atoms with Gasteiger partial charge in [0.1, 0.15) is 6.04 Å². The average molecular weight is 405 g/mol. The lowest BCUT2D eigenvalue weighted by Crippen LogP contribution is -2.23. The number of nitrogens with one attached hydrogen (secondary N) is 2. The predicted molar refractivity (Wildman–Crippen MR) is 109 cm³/mol. The van der Waals surface area contributed by atoms with Crippen molar-refractivity contribution < 1.29 is 19.1 Å². The Morgan fingerprint density at radius 2 is 1.87 bits per heavy atom. The van der Waals surface area contributed by atoms with Crippen LogP contribution in [0.2, 0.25) is 0 Å². The fourth-order valence-electron chi connectivity index (χ4n) is 3.11. The zero-order valence-electron chi connectivity index (χ0n) is 16.2. The molecule has 4 rings (SSSR count). The molecule has 0 saturated carbocycles. The van der Waals surface area contributed by atoms with Crippen molar-refractivity contribution in [1.29, 1.82) is 0 Å². The van der Waals surface area contributed by atoms with Crippen LogP contribution in [-0.2, 0) is 14.3 Å². The highest BCUT2D eigenvalue weighted by molar-refractivity contribution is 6.01. The van der Waals surface area contributed by atoms with Crippen LogP contribution in [0.25, 0.3) is 11.4 Å². The van der Waals surface area contributed by atoms with E-state index in [-0.39, 0.29) is 24.8 Å². The summed E-state index contributed by atoms with van der Waals surface area (Å²) in [6.45, 7) is 2.02. The van der Waals surface area contributed by atoms with Crippen molar-refractivity contribution in [1.82, 2.24) is 14.8 Å². The molecule has 2 N–H and O–H groups in total. The number of aromatic nitrogens is 3. The van der Waals surface area contributed by atoms with Gasteiger partial charge in [-0.25, -0.2) is 9.48 Å². The molecule has 0 radical (unpaired) electrons. The number of amides is 2. The molecule has 0 unspecified atom stereocenters. The fourth-order valence-corrected chi connectivity index (χ4v) is 3.11. The molecular weight excluding hydrogens is 386 g/mol. The van der Waals surface area contributed by atoms with Crippen molar-refractivity contribution in [2.75, 3.05) is 17.2 Å². The molecule has 2 aromatic carbocycles. The molecule has 2 amide bonds. The molecule has 0 fully saturated rings. The maximum absolute atomic E-state index is 12.5. The Kier molecular flexibility index (Phi) is 5.25. The smallest absolute Gasteiger partial charge is 0.338 e. The zero-order chi connectivity index (χ0) is 21.1. The Morgan fingerprint density at radius 1 is 1.13 bits per heavy atom. The summed E-state index contributed by atoms with van der Waals surface area (Å²) in [6.07, 6.45) is -0.101. The van der Waals surface area contributed by atoms with Crippen LogP contribution in [0.1, 0.15) is 29.7 Å². The molecule has 2 heterocycles. The molecule has 3 aromatic rings. The second kappa shape index (κ2) is 8.16. The van der Waals surface area contributed by atoms with Gasteiger partial charge in [0.15, 0.2) is 5.82 Å². The lowest BCUT2D eigenvalue weighted by atomic mass is 10.1. The van der Waals surface area contributed by atoms with E-state index in [0.717, 1.165) is 5.56 Å². The van der Waals surface area contributed by atoms with E-state index in [2.05, 4.69) is 20.7 Å². The van der Waals surface area contributed by atoms with Crippen molar-refractivity contribution in [2.45, 2.75) is 19.4 Å². The Balaban J connectivity index is 1.43. The van der Waals surface area contributed by atoms with Crippen molar-refractivity contribution in [3.8, 4) is 11.4 Å². The number of hydrogen-bond acceptors (Lipinski definition) is 6. The lowest BCUT2D eigenvalue weighted by molar-refractivity contribution is -0.123. The monoisotopic (exact) mass is 405 g/mol. The Morgan fingerprint density at radius 3 is 2.57 bits per heavy atom. The topological polar surface area (TPSA) is 115 Å². The molecule has 1 atom stereocenters. The van der Waals surface area contributed by atoms with Crippen LogP contribution in [0.15, 0.2) is 54.6 Å². The van der Waals surface area contributed by atoms with Gasteiger partial charge in [0.25, 0.3) is 5.91 Å². The van der Waals surface area contributed by atoms with E-state index < -0.39 is 12.0 Å². The molecule has 9 heteroatoms. The minimum atomic E-state index is -0.788. The van der Waals surface area contributed by atoms with Crippen molar-refractivity contribution >= 4 is 29.4 Å². The maximum atomic E-state index is 12.5. The largest absolute Gasteiger partial charge is 0.462 e. The molecule has 1 aromatic heterocycles. The fraction of sp³-hybridized carbons (Fsp3) is 0.190. The molecule has 0 aliphatic carbocycles. The van der Waals surface area contributed by atoms with Gasteiger partial charge in [-0.3, -0.25) is 14.9 Å². The Labute approximate surface area is 172 Å². The summed E-state index contributed by atoms with van der Waals surface area (Å²) >= 11 is 0. The highest BCUT2D eigenvalue weighted by atomic mass is 16.5. The molecule has 0 saturated heterocycles. The molecule has 30 heavy (non-hydrogen) atoms. The summed E-state index contributed by atoms with van der Waals surface area (Å²) in [5.41, 5.74) is 1.72. The van der Waals surface area contributed by atoms with Crippen molar-refractivity contribution in [2.24, 2.45) is 0 Å². The van der Waals surface area contributed by atoms with Crippen molar-refractivity contribution in [3.05, 3.63) is 60.2 Å². The van der Waals surface area contributed by atoms with Crippen LogP contribution in [0.5, 0.6) is 0 Å². The number of carbonyl (C=O) groups is 3. The summed E-state index contributed by atoms with van der Waals surface area (Å²) in [5.74, 6) is -0.326. The number of fused-ring (bicyclic) bond motifs is 1. The highest BCUT2D eigenvalue weighted by Gasteiger charge is 2.35. The first-order valence-electron chi connectivity index (χ1n) is 9.45. The number of carbonyl (C=O) groups excluding carboxylic acids is 3. The maximum Gasteiger partial charge on any atom is 0.338 e. The van der Waals surface area contributed by atoms with Crippen LogP contribution in [0.4, 0.5) is 11.6 Å². The van der Waals surface area contributed by atoms with Gasteiger partial charge < -0.3 is 10.1 Å². The molecule has 1 aliphatic heterocycles. The van der Waals surface area contributed by atoms with Gasteiger partial charge >= 0.3 is 5.97 Å². The van der Waals surface area contributed by atoms with Crippen LogP contribution >= 0.6 is 0 Å². The second-order valence-electron chi connectivity index (χ2n) is 6.62. The molecule has 9 nitrogen and oxygen atoms in total. The first kappa shape index (κ1) is 19.3. The molecular formula is C21H19N5O4. The van der Waals surface area contributed by atoms with Gasteiger partial charge in [0.2, 0.25) is 11.9 Å². The van der Waals surface area contributed by atoms with E-state index in [1.807, 2.05) is 30.3 Å². The predicted octanol–water partition coefficient (Wildman–Crippen LogP) is 2.64. The number of anilines is 2. The molecule has 0 bridgehead atoms. The van der Waals surface area contributed by atoms with Crippen LogP contribution in [0, 0.1) is 0 Å². The third-order valence-corrected chi connectivity index (χ3v) is 4.55. The number of rotatable bonds is 6. The van der Waals surface area contributed by atoms with Crippen LogP contribution in [0.3, 0.4) is 0 Å². The van der Waals surface area contributed by atoms with Crippen LogP contribution in [-0.4, -0.2) is 39.2 Å². The quantitative estimate of drug-likeness (QED) is 0.609. The summed E-state index contributed by atoms with van der Waals surface area (Å²) in [7, 11) is 0. The SMILES string of the molecule is CCOC(=O)c1ccc(NC(=O)C[C@@H]2C(=O)Nc3nc(-c4ccccc4)nn32)cc1. The van der Waals surface area contributed by atoms with E-state index in [4.69, 9.17) is 4.74 Å². The van der Waals surface area contributed by atoms with Crippen molar-refractivity contribution in [3.63, 3.8) is 0 Å². The second-order valence-corrected chi connectivity index (χ2v) is 6.62. The summed E-state index contributed by atoms with van der Waals surface area (Å²) in [5, 5.41) is 9.77. The van der Waals surface area contributed by atoms with Gasteiger partial charge in [-0.2, -0.15) is 4.98 Å². The van der Waals surface area contributed by atoms with E-state index in [9.17, 15) is 14.4 Å². The average Bonchev–Trinajstić information content (AvgIpc) is 3.28. The highest BCUT2D eigenvalue weighted by Crippen LogP contribution is 2.28. The number of benzene rings is 2. The summed E-state index contributed by atoms with van der Waals surface area (Å²) in [4.78, 5) is 40.8. The van der Waals surface area contributed by atoms with E-state index in [0.29, 0.717) is 23.0 Å². The van der Waals surface area contributed by atoms with E-state index in [1.54, 1.807) is 31.2 Å². The third-order valence-electron chi connectivity index (χ3n) is 4.55. The first-order chi connectivity index (χ1) is 14.5. The number of ether oxygens (including phenoxy) is 1. The summed E-state index contributed by atoms with van der Waals surface area (Å²) in [6, 6.07) is 14.9. The molecule has 1 aliphatic rings. The van der Waals surface area contributed by atoms with Gasteiger partial charge in [-0.15, -0.1) is 5.10 Å². The van der Waals surface area contributed by atoms with E-state index in [1.165, 1.54) is 4.68 Å². The van der Waals surface area contributed by atoms with Gasteiger partial charge in [0.05, 0.1) is 18.6 Å². The zero-order valence-corrected chi connectivity index (χ0v) is 16.2. The van der Waals surface area contributed by atoms with Gasteiger partial charge in [-0.1, -0.05) is 30.3 Å². The van der Waals surface area contributed by atoms with E-state index >= 15 is 0 Å². The standard InChI is InChI=1S/C21H19N5O4/c1-2-30-20(29)14-8-10-15(11-9-14)22-17(27)12-16-19(28)24-21-23-18(25-26(16)21)13-6-4-3-5-7-13/h3-11,16H,2,12H2,1H3,(H,22,27)(H,23,24,25,28)/t16-/m1/s1.